The van der Waals surface area contributed by atoms with Gasteiger partial charge in [0.05, 0.1) is 19.3 Å². The summed E-state index contributed by atoms with van der Waals surface area (Å²) in [6.07, 6.45) is 23.4. The van der Waals surface area contributed by atoms with E-state index in [1.54, 1.807) is 12.7 Å². The molecule has 11 atom stereocenters. The highest BCUT2D eigenvalue weighted by molar-refractivity contribution is 5.75. The van der Waals surface area contributed by atoms with E-state index in [1.165, 1.54) is 64.2 Å². The van der Waals surface area contributed by atoms with Crippen LogP contribution in [0.2, 0.25) is 0 Å². The smallest absolute Gasteiger partial charge is 0.317 e. The fourth-order valence-electron chi connectivity index (χ4n) is 12.5. The summed E-state index contributed by atoms with van der Waals surface area (Å²) in [5, 5.41) is 7.87. The number of amides is 2. The summed E-state index contributed by atoms with van der Waals surface area (Å²) in [5.74, 6) is 4.25. The molecule has 250 valence electrons. The van der Waals surface area contributed by atoms with Gasteiger partial charge >= 0.3 is 6.03 Å². The van der Waals surface area contributed by atoms with E-state index in [9.17, 15) is 4.79 Å². The molecule has 8 nitrogen and oxygen atoms in total. The fraction of sp³-hybridized carbons (Fsp3) is 0.919. The summed E-state index contributed by atoms with van der Waals surface area (Å²) < 4.78 is 15.2. The SMILES string of the molecule is C[C@H]1CC[C@@]2(C[C@H]3[C@H](CC4[C@@H]5CC[C@@H]6C[C@H](NC(=O)N(CCn7cncn7)C7CCCCC7)CC[C@]6(C)C5CC[C@@]43C)O2)OC1. The molecule has 2 amide bonds. The molecule has 7 aliphatic rings. The van der Waals surface area contributed by atoms with E-state index in [1.807, 2.05) is 4.68 Å². The van der Waals surface area contributed by atoms with E-state index in [0.29, 0.717) is 53.9 Å². The Kier molecular flexibility index (Phi) is 8.03. The Bertz CT molecular complexity index is 1190. The molecule has 5 aliphatic carbocycles. The lowest BCUT2D eigenvalue weighted by atomic mass is 9.44. The molecule has 2 aliphatic heterocycles. The number of ether oxygens (including phenoxy) is 2. The van der Waals surface area contributed by atoms with E-state index < -0.39 is 0 Å². The van der Waals surface area contributed by atoms with E-state index in [-0.39, 0.29) is 11.8 Å². The van der Waals surface area contributed by atoms with Crippen molar-refractivity contribution in [2.45, 2.75) is 154 Å². The van der Waals surface area contributed by atoms with Crippen molar-refractivity contribution in [3.8, 4) is 0 Å². The third-order valence-electron chi connectivity index (χ3n) is 15.1. The van der Waals surface area contributed by atoms with Crippen molar-refractivity contribution in [3.05, 3.63) is 12.7 Å². The summed E-state index contributed by atoms with van der Waals surface area (Å²) in [6.45, 7) is 9.89. The second kappa shape index (κ2) is 11.8. The second-order valence-electron chi connectivity index (χ2n) is 17.3. The first kappa shape index (κ1) is 30.7. The van der Waals surface area contributed by atoms with E-state index in [0.717, 1.165) is 68.8 Å². The molecule has 1 aromatic rings. The third kappa shape index (κ3) is 5.36. The minimum absolute atomic E-state index is 0.157. The van der Waals surface area contributed by atoms with Crippen molar-refractivity contribution in [1.29, 1.82) is 0 Å². The van der Waals surface area contributed by atoms with Crippen LogP contribution in [0.25, 0.3) is 0 Å². The molecule has 0 bridgehead atoms. The van der Waals surface area contributed by atoms with Gasteiger partial charge in [0.1, 0.15) is 12.7 Å². The van der Waals surface area contributed by atoms with Crippen molar-refractivity contribution in [1.82, 2.24) is 25.0 Å². The molecule has 1 aromatic heterocycles. The van der Waals surface area contributed by atoms with Crippen LogP contribution in [0.3, 0.4) is 0 Å². The van der Waals surface area contributed by atoms with Crippen molar-refractivity contribution in [3.63, 3.8) is 0 Å². The van der Waals surface area contributed by atoms with Gasteiger partial charge in [-0.2, -0.15) is 5.10 Å². The van der Waals surface area contributed by atoms with Gasteiger partial charge in [0.25, 0.3) is 0 Å². The molecular formula is C37H59N5O3. The number of carbonyl (C=O) groups is 1. The van der Waals surface area contributed by atoms with Gasteiger partial charge in [-0.1, -0.05) is 40.0 Å². The van der Waals surface area contributed by atoms with Crippen molar-refractivity contribution in [2.75, 3.05) is 13.2 Å². The van der Waals surface area contributed by atoms with Gasteiger partial charge in [-0.25, -0.2) is 9.78 Å². The van der Waals surface area contributed by atoms with Crippen molar-refractivity contribution >= 4 is 6.03 Å². The molecule has 1 N–H and O–H groups in total. The zero-order chi connectivity index (χ0) is 30.8. The van der Waals surface area contributed by atoms with Gasteiger partial charge in [0.2, 0.25) is 0 Å². The Balaban J connectivity index is 0.908. The zero-order valence-electron chi connectivity index (χ0n) is 28.3. The predicted octanol–water partition coefficient (Wildman–Crippen LogP) is 7.19. The highest BCUT2D eigenvalue weighted by Gasteiger charge is 2.66. The topological polar surface area (TPSA) is 81.5 Å². The van der Waals surface area contributed by atoms with Gasteiger partial charge in [-0.15, -0.1) is 0 Å². The highest BCUT2D eigenvalue weighted by Crippen LogP contribution is 2.70. The number of aromatic nitrogens is 3. The Hall–Kier alpha value is -1.67. The van der Waals surface area contributed by atoms with Crippen molar-refractivity contribution < 1.29 is 14.3 Å². The lowest BCUT2D eigenvalue weighted by molar-refractivity contribution is -0.256. The van der Waals surface area contributed by atoms with Crippen LogP contribution in [0, 0.1) is 46.3 Å². The Labute approximate surface area is 271 Å². The quantitative estimate of drug-likeness (QED) is 0.376. The lowest BCUT2D eigenvalue weighted by Crippen LogP contribution is -2.57. The van der Waals surface area contributed by atoms with Crippen LogP contribution in [0.4, 0.5) is 4.79 Å². The summed E-state index contributed by atoms with van der Waals surface area (Å²) >= 11 is 0. The molecule has 2 unspecified atom stereocenters. The minimum atomic E-state index is -0.276. The molecule has 2 saturated heterocycles. The predicted molar refractivity (Wildman–Crippen MR) is 173 cm³/mol. The molecule has 1 spiro atoms. The van der Waals surface area contributed by atoms with Crippen molar-refractivity contribution in [2.24, 2.45) is 46.3 Å². The van der Waals surface area contributed by atoms with Gasteiger partial charge in [0.15, 0.2) is 5.79 Å². The van der Waals surface area contributed by atoms with Crippen LogP contribution in [0.5, 0.6) is 0 Å². The average Bonchev–Trinajstić information content (AvgIpc) is 3.75. The number of hydrogen-bond acceptors (Lipinski definition) is 5. The van der Waals surface area contributed by atoms with Gasteiger partial charge in [-0.05, 0) is 117 Å². The molecule has 0 radical (unpaired) electrons. The van der Waals surface area contributed by atoms with Crippen LogP contribution in [-0.2, 0) is 16.0 Å². The molecule has 0 aromatic carbocycles. The summed E-state index contributed by atoms with van der Waals surface area (Å²) in [5.41, 5.74) is 0.814. The van der Waals surface area contributed by atoms with Gasteiger partial charge in [0, 0.05) is 31.5 Å². The molecular weight excluding hydrogens is 562 g/mol. The Morgan fingerprint density at radius 3 is 2.58 bits per heavy atom. The zero-order valence-corrected chi connectivity index (χ0v) is 28.3. The van der Waals surface area contributed by atoms with Gasteiger partial charge < -0.3 is 19.7 Å². The third-order valence-corrected chi connectivity index (χ3v) is 15.1. The number of hydrogen-bond donors (Lipinski definition) is 1. The number of carbonyl (C=O) groups excluding carboxylic acids is 1. The number of nitrogens with zero attached hydrogens (tertiary/aromatic N) is 4. The van der Waals surface area contributed by atoms with E-state index in [2.05, 4.69) is 41.1 Å². The fourth-order valence-corrected chi connectivity index (χ4v) is 12.5. The van der Waals surface area contributed by atoms with Crippen LogP contribution >= 0.6 is 0 Å². The monoisotopic (exact) mass is 621 g/mol. The van der Waals surface area contributed by atoms with Crippen LogP contribution in [0.1, 0.15) is 124 Å². The first-order valence-corrected chi connectivity index (χ1v) is 19.0. The molecule has 3 heterocycles. The molecule has 45 heavy (non-hydrogen) atoms. The number of rotatable bonds is 5. The molecule has 8 rings (SSSR count). The lowest BCUT2D eigenvalue weighted by Gasteiger charge is -2.61. The number of fused-ring (bicyclic) bond motifs is 7. The summed E-state index contributed by atoms with van der Waals surface area (Å²) in [7, 11) is 0. The van der Waals surface area contributed by atoms with Crippen LogP contribution < -0.4 is 5.32 Å². The Morgan fingerprint density at radius 2 is 1.80 bits per heavy atom. The maximum atomic E-state index is 13.9. The first-order valence-electron chi connectivity index (χ1n) is 19.0. The largest absolute Gasteiger partial charge is 0.350 e. The van der Waals surface area contributed by atoms with Gasteiger partial charge in [-0.3, -0.25) is 4.68 Å². The standard InChI is InChI=1S/C37H59N5O3/c1-25-11-16-37(44-22-25)21-32-33(45-37)20-31-29-10-9-26-19-27(12-14-35(26,2)30(29)13-15-36(31,32)3)40-34(43)42(28-7-5-4-6-8-28)18-17-41-24-38-23-39-41/h23-33H,4-22H2,1-3H3,(H,40,43)/t25-,26+,27+,29+,30?,31?,32-,33-,35-,36-,37+/m0/s1. The van der Waals surface area contributed by atoms with Crippen LogP contribution in [-0.4, -0.2) is 62.8 Å². The normalized spacial score (nSPS) is 46.2. The first-order chi connectivity index (χ1) is 21.8. The highest BCUT2D eigenvalue weighted by atomic mass is 16.7. The average molecular weight is 622 g/mol. The summed E-state index contributed by atoms with van der Waals surface area (Å²) in [6, 6.07) is 0.803. The second-order valence-corrected chi connectivity index (χ2v) is 17.3. The molecule has 7 fully saturated rings. The molecule has 5 saturated carbocycles. The maximum Gasteiger partial charge on any atom is 0.317 e. The number of urea groups is 1. The molecule has 8 heteroatoms. The van der Waals surface area contributed by atoms with E-state index >= 15 is 0 Å². The summed E-state index contributed by atoms with van der Waals surface area (Å²) in [4.78, 5) is 20.1. The van der Waals surface area contributed by atoms with Crippen LogP contribution in [0.15, 0.2) is 12.7 Å². The Morgan fingerprint density at radius 1 is 0.956 bits per heavy atom. The number of nitrogens with one attached hydrogen (secondary N) is 1. The van der Waals surface area contributed by atoms with E-state index in [4.69, 9.17) is 9.47 Å². The minimum Gasteiger partial charge on any atom is -0.350 e. The maximum absolute atomic E-state index is 13.9.